The molecule has 3 N–H and O–H groups in total. The monoisotopic (exact) mass is 735 g/mol. The number of phosphoric ester groups is 1. The number of aliphatic hydroxyl groups is 2. The first-order valence-corrected chi connectivity index (χ1v) is 22.2. The molecule has 298 valence electrons. The first kappa shape index (κ1) is 49.2. The summed E-state index contributed by atoms with van der Waals surface area (Å²) in [4.78, 5) is 22.5. The van der Waals surface area contributed by atoms with Crippen LogP contribution in [0, 0.1) is 0 Å². The number of ether oxygens (including phenoxy) is 2. The highest BCUT2D eigenvalue weighted by atomic mass is 31.2. The lowest BCUT2D eigenvalue weighted by Gasteiger charge is -2.20. The van der Waals surface area contributed by atoms with Crippen molar-refractivity contribution in [1.29, 1.82) is 0 Å². The van der Waals surface area contributed by atoms with E-state index in [-0.39, 0.29) is 25.6 Å². The molecule has 3 atom stereocenters. The van der Waals surface area contributed by atoms with Crippen LogP contribution in [0.1, 0.15) is 194 Å². The summed E-state index contributed by atoms with van der Waals surface area (Å²) < 4.78 is 33.3. The van der Waals surface area contributed by atoms with Crippen molar-refractivity contribution in [1.82, 2.24) is 0 Å². The summed E-state index contributed by atoms with van der Waals surface area (Å²) in [5.74, 6) is -0.384. The number of allylic oxidation sites excluding steroid dienone is 2. The van der Waals surface area contributed by atoms with Gasteiger partial charge in [0.1, 0.15) is 12.2 Å². The first-order valence-electron chi connectivity index (χ1n) is 20.7. The van der Waals surface area contributed by atoms with Crippen LogP contribution in [0.25, 0.3) is 0 Å². The average Bonchev–Trinajstić information content (AvgIpc) is 3.10. The van der Waals surface area contributed by atoms with E-state index in [0.29, 0.717) is 6.61 Å². The van der Waals surface area contributed by atoms with Gasteiger partial charge in [0.15, 0.2) is 0 Å². The SMILES string of the molecule is CCCCCCCCC/C=C\CCCCCCCCCCOCC(COP(=O)(O)OCC(O)CO)OC(=O)CCCCCCCCCCCC. The lowest BCUT2D eigenvalue weighted by atomic mass is 10.1. The molecule has 0 rings (SSSR count). The molecule has 0 aromatic rings. The van der Waals surface area contributed by atoms with Gasteiger partial charge in [0.25, 0.3) is 0 Å². The molecule has 0 aliphatic heterocycles. The number of phosphoric acid groups is 1. The van der Waals surface area contributed by atoms with Crippen LogP contribution in [0.5, 0.6) is 0 Å². The van der Waals surface area contributed by atoms with E-state index in [0.717, 1.165) is 38.5 Å². The average molecular weight is 735 g/mol. The van der Waals surface area contributed by atoms with Crippen molar-refractivity contribution in [2.45, 2.75) is 206 Å². The number of hydrogen-bond acceptors (Lipinski definition) is 8. The van der Waals surface area contributed by atoms with E-state index < -0.39 is 33.2 Å². The highest BCUT2D eigenvalue weighted by Gasteiger charge is 2.26. The Morgan fingerprint density at radius 1 is 0.600 bits per heavy atom. The Labute approximate surface area is 307 Å². The van der Waals surface area contributed by atoms with Crippen molar-refractivity contribution in [3.8, 4) is 0 Å². The maximum absolute atomic E-state index is 12.5. The van der Waals surface area contributed by atoms with Crippen LogP contribution in [-0.2, 0) is 27.9 Å². The highest BCUT2D eigenvalue weighted by Crippen LogP contribution is 2.43. The summed E-state index contributed by atoms with van der Waals surface area (Å²) >= 11 is 0. The standard InChI is InChI=1S/C40H79O9P/c1-3-5-7-9-11-13-15-16-17-18-19-20-21-22-23-25-27-29-31-33-46-36-39(37-48-50(44,45)47-35-38(42)34-41)49-40(43)32-30-28-26-24-14-12-10-8-6-4-2/h17-18,38-39,41-42H,3-16,19-37H2,1-2H3,(H,44,45)/b18-17-. The maximum atomic E-state index is 12.5. The molecular weight excluding hydrogens is 655 g/mol. The van der Waals surface area contributed by atoms with Gasteiger partial charge in [-0.25, -0.2) is 4.57 Å². The topological polar surface area (TPSA) is 132 Å². The van der Waals surface area contributed by atoms with Gasteiger partial charge in [0.05, 0.1) is 26.4 Å². The second-order valence-corrected chi connectivity index (χ2v) is 15.5. The first-order chi connectivity index (χ1) is 24.3. The molecule has 0 aromatic carbocycles. The Kier molecular flexibility index (Phi) is 37.3. The number of esters is 1. The molecule has 0 heterocycles. The third-order valence-electron chi connectivity index (χ3n) is 8.95. The molecule has 0 fully saturated rings. The van der Waals surface area contributed by atoms with Crippen LogP contribution in [0.4, 0.5) is 0 Å². The molecule has 0 aliphatic carbocycles. The fourth-order valence-electron chi connectivity index (χ4n) is 5.76. The van der Waals surface area contributed by atoms with E-state index in [1.165, 1.54) is 135 Å². The molecule has 0 aliphatic rings. The largest absolute Gasteiger partial charge is 0.472 e. The molecule has 0 spiro atoms. The Hall–Kier alpha value is -0.800. The van der Waals surface area contributed by atoms with Crippen molar-refractivity contribution in [3.05, 3.63) is 12.2 Å². The summed E-state index contributed by atoms with van der Waals surface area (Å²) in [7, 11) is -4.51. The van der Waals surface area contributed by atoms with Gasteiger partial charge in [-0.05, 0) is 38.5 Å². The van der Waals surface area contributed by atoms with Crippen LogP contribution in [0.3, 0.4) is 0 Å². The quantitative estimate of drug-likeness (QED) is 0.0243. The summed E-state index contributed by atoms with van der Waals surface area (Å²) in [5.41, 5.74) is 0. The van der Waals surface area contributed by atoms with Crippen LogP contribution in [0.2, 0.25) is 0 Å². The fraction of sp³-hybridized carbons (Fsp3) is 0.925. The summed E-state index contributed by atoms with van der Waals surface area (Å²) in [6.07, 6.45) is 36.0. The molecule has 9 nitrogen and oxygen atoms in total. The molecule has 0 amide bonds. The smallest absolute Gasteiger partial charge is 0.457 e. The van der Waals surface area contributed by atoms with Gasteiger partial charge in [0, 0.05) is 13.0 Å². The minimum atomic E-state index is -4.51. The number of rotatable bonds is 40. The number of carbonyl (C=O) groups excluding carboxylic acids is 1. The molecule has 0 aromatic heterocycles. The molecule has 0 bridgehead atoms. The van der Waals surface area contributed by atoms with E-state index in [9.17, 15) is 19.4 Å². The van der Waals surface area contributed by atoms with Gasteiger partial charge in [0.2, 0.25) is 0 Å². The number of carbonyl (C=O) groups is 1. The Morgan fingerprint density at radius 2 is 1.02 bits per heavy atom. The van der Waals surface area contributed by atoms with Gasteiger partial charge in [-0.2, -0.15) is 0 Å². The van der Waals surface area contributed by atoms with Crippen molar-refractivity contribution < 1.29 is 43.0 Å². The van der Waals surface area contributed by atoms with E-state index in [4.69, 9.17) is 23.6 Å². The Morgan fingerprint density at radius 3 is 1.50 bits per heavy atom. The molecule has 10 heteroatoms. The second-order valence-electron chi connectivity index (χ2n) is 14.0. The van der Waals surface area contributed by atoms with Crippen LogP contribution in [-0.4, -0.2) is 66.3 Å². The number of hydrogen-bond donors (Lipinski definition) is 3. The molecule has 50 heavy (non-hydrogen) atoms. The normalized spacial score (nSPS) is 14.3. The Bertz CT molecular complexity index is 795. The van der Waals surface area contributed by atoms with E-state index in [1.807, 2.05) is 0 Å². The third kappa shape index (κ3) is 37.0. The van der Waals surface area contributed by atoms with E-state index in [1.54, 1.807) is 0 Å². The molecule has 0 saturated carbocycles. The number of unbranched alkanes of at least 4 members (excludes halogenated alkanes) is 24. The van der Waals surface area contributed by atoms with Crippen LogP contribution >= 0.6 is 7.82 Å². The second kappa shape index (κ2) is 37.9. The van der Waals surface area contributed by atoms with Crippen molar-refractivity contribution in [3.63, 3.8) is 0 Å². The molecular formula is C40H79O9P. The van der Waals surface area contributed by atoms with Crippen molar-refractivity contribution in [2.75, 3.05) is 33.0 Å². The summed E-state index contributed by atoms with van der Waals surface area (Å²) in [6.45, 7) is 3.52. The highest BCUT2D eigenvalue weighted by molar-refractivity contribution is 7.47. The van der Waals surface area contributed by atoms with Gasteiger partial charge in [-0.3, -0.25) is 13.8 Å². The van der Waals surface area contributed by atoms with E-state index in [2.05, 4.69) is 26.0 Å². The minimum absolute atomic E-state index is 0.0521. The predicted octanol–water partition coefficient (Wildman–Crippen LogP) is 10.9. The van der Waals surface area contributed by atoms with E-state index >= 15 is 0 Å². The fourth-order valence-corrected chi connectivity index (χ4v) is 6.55. The third-order valence-corrected chi connectivity index (χ3v) is 9.90. The summed E-state index contributed by atoms with van der Waals surface area (Å²) in [6, 6.07) is 0. The summed E-state index contributed by atoms with van der Waals surface area (Å²) in [5, 5.41) is 18.3. The molecule has 0 saturated heterocycles. The zero-order chi connectivity index (χ0) is 36.8. The van der Waals surface area contributed by atoms with Crippen LogP contribution < -0.4 is 0 Å². The van der Waals surface area contributed by atoms with Gasteiger partial charge >= 0.3 is 13.8 Å². The predicted molar refractivity (Wildman–Crippen MR) is 205 cm³/mol. The molecule has 3 unspecified atom stereocenters. The van der Waals surface area contributed by atoms with Crippen molar-refractivity contribution in [2.24, 2.45) is 0 Å². The van der Waals surface area contributed by atoms with Crippen LogP contribution in [0.15, 0.2) is 12.2 Å². The maximum Gasteiger partial charge on any atom is 0.472 e. The van der Waals surface area contributed by atoms with Gasteiger partial charge in [-0.1, -0.05) is 161 Å². The zero-order valence-corrected chi connectivity index (χ0v) is 33.3. The number of aliphatic hydroxyl groups excluding tert-OH is 2. The zero-order valence-electron chi connectivity index (χ0n) is 32.4. The van der Waals surface area contributed by atoms with Gasteiger partial charge in [-0.15, -0.1) is 0 Å². The Balaban J connectivity index is 4.10. The van der Waals surface area contributed by atoms with Gasteiger partial charge < -0.3 is 24.6 Å². The minimum Gasteiger partial charge on any atom is -0.457 e. The molecule has 0 radical (unpaired) electrons. The lowest BCUT2D eigenvalue weighted by Crippen LogP contribution is -2.29. The van der Waals surface area contributed by atoms with Crippen molar-refractivity contribution >= 4 is 13.8 Å². The lowest BCUT2D eigenvalue weighted by molar-refractivity contribution is -0.154.